The van der Waals surface area contributed by atoms with E-state index in [1.54, 1.807) is 12.3 Å². The highest BCUT2D eigenvalue weighted by Crippen LogP contribution is 2.44. The topological polar surface area (TPSA) is 76.3 Å². The van der Waals surface area contributed by atoms with Gasteiger partial charge in [-0.25, -0.2) is 0 Å². The third-order valence-electron chi connectivity index (χ3n) is 3.11. The van der Waals surface area contributed by atoms with E-state index in [0.717, 1.165) is 23.8 Å². The van der Waals surface area contributed by atoms with Crippen molar-refractivity contribution in [2.45, 2.75) is 18.8 Å². The van der Waals surface area contributed by atoms with Crippen LogP contribution in [0.5, 0.6) is 5.75 Å². The zero-order chi connectivity index (χ0) is 12.0. The molecule has 1 fully saturated rings. The molecular formula is C12H10N2O3. The molecule has 1 heterocycles. The van der Waals surface area contributed by atoms with E-state index in [9.17, 15) is 15.2 Å². The largest absolute Gasteiger partial charge is 0.501 e. The minimum absolute atomic E-state index is 0.294. The van der Waals surface area contributed by atoms with Crippen LogP contribution in [0.2, 0.25) is 0 Å². The summed E-state index contributed by atoms with van der Waals surface area (Å²) in [6, 6.07) is 4.93. The van der Waals surface area contributed by atoms with Gasteiger partial charge in [-0.05, 0) is 36.5 Å². The van der Waals surface area contributed by atoms with Gasteiger partial charge in [0.15, 0.2) is 0 Å². The summed E-state index contributed by atoms with van der Waals surface area (Å²) in [6.45, 7) is 0. The fraction of sp³-hybridized carbons (Fsp3) is 0.250. The molecule has 86 valence electrons. The molecule has 1 aliphatic rings. The smallest absolute Gasteiger partial charge is 0.313 e. The molecule has 0 bridgehead atoms. The highest BCUT2D eigenvalue weighted by Gasteiger charge is 2.27. The van der Waals surface area contributed by atoms with Crippen LogP contribution in [0.1, 0.15) is 24.3 Å². The first-order valence-corrected chi connectivity index (χ1v) is 5.43. The van der Waals surface area contributed by atoms with E-state index in [4.69, 9.17) is 0 Å². The van der Waals surface area contributed by atoms with Crippen LogP contribution in [0.4, 0.5) is 5.69 Å². The number of phenols is 1. The van der Waals surface area contributed by atoms with Gasteiger partial charge in [0.25, 0.3) is 0 Å². The minimum atomic E-state index is -0.597. The lowest BCUT2D eigenvalue weighted by atomic mass is 10.0. The van der Waals surface area contributed by atoms with Crippen molar-refractivity contribution in [3.63, 3.8) is 0 Å². The molecule has 2 aromatic rings. The Labute approximate surface area is 96.9 Å². The standard InChI is InChI=1S/C12H10N2O3/c15-12-10(14(16)17)4-3-9-8(7-1-2-7)5-6-13-11(9)12/h3-7,15H,1-2H2. The summed E-state index contributed by atoms with van der Waals surface area (Å²) in [6.07, 6.45) is 3.87. The molecule has 0 amide bonds. The number of aromatic nitrogens is 1. The van der Waals surface area contributed by atoms with Crippen molar-refractivity contribution in [2.75, 3.05) is 0 Å². The summed E-state index contributed by atoms with van der Waals surface area (Å²) >= 11 is 0. The number of pyridine rings is 1. The number of hydrogen-bond acceptors (Lipinski definition) is 4. The number of hydrogen-bond donors (Lipinski definition) is 1. The van der Waals surface area contributed by atoms with Gasteiger partial charge in [0.1, 0.15) is 5.52 Å². The van der Waals surface area contributed by atoms with E-state index in [1.807, 2.05) is 6.07 Å². The van der Waals surface area contributed by atoms with Crippen LogP contribution in [0.3, 0.4) is 0 Å². The molecule has 1 N–H and O–H groups in total. The van der Waals surface area contributed by atoms with Crippen molar-refractivity contribution in [2.24, 2.45) is 0 Å². The number of aromatic hydroxyl groups is 1. The predicted molar refractivity (Wildman–Crippen MR) is 62.0 cm³/mol. The van der Waals surface area contributed by atoms with E-state index in [2.05, 4.69) is 4.98 Å². The summed E-state index contributed by atoms with van der Waals surface area (Å²) in [5, 5.41) is 21.4. The van der Waals surface area contributed by atoms with Gasteiger partial charge in [-0.3, -0.25) is 15.1 Å². The zero-order valence-corrected chi connectivity index (χ0v) is 8.96. The van der Waals surface area contributed by atoms with Crippen molar-refractivity contribution in [1.82, 2.24) is 4.98 Å². The van der Waals surface area contributed by atoms with Crippen molar-refractivity contribution in [1.29, 1.82) is 0 Å². The molecule has 5 nitrogen and oxygen atoms in total. The lowest BCUT2D eigenvalue weighted by Crippen LogP contribution is -1.92. The van der Waals surface area contributed by atoms with Gasteiger partial charge in [-0.15, -0.1) is 0 Å². The lowest BCUT2D eigenvalue weighted by molar-refractivity contribution is -0.385. The third-order valence-corrected chi connectivity index (χ3v) is 3.11. The first-order chi connectivity index (χ1) is 8.18. The fourth-order valence-electron chi connectivity index (χ4n) is 2.11. The molecule has 5 heteroatoms. The predicted octanol–water partition coefficient (Wildman–Crippen LogP) is 2.73. The van der Waals surface area contributed by atoms with Gasteiger partial charge in [-0.1, -0.05) is 0 Å². The Hall–Kier alpha value is -2.17. The molecule has 3 rings (SSSR count). The molecule has 1 aromatic carbocycles. The molecule has 1 aromatic heterocycles. The maximum Gasteiger partial charge on any atom is 0.313 e. The quantitative estimate of drug-likeness (QED) is 0.635. The SMILES string of the molecule is O=[N+]([O-])c1ccc2c(C3CC3)ccnc2c1O. The van der Waals surface area contributed by atoms with Crippen LogP contribution in [0.15, 0.2) is 24.4 Å². The zero-order valence-electron chi connectivity index (χ0n) is 8.96. The molecule has 0 spiro atoms. The first kappa shape index (κ1) is 10.0. The maximum absolute atomic E-state index is 10.7. The molecule has 0 aliphatic heterocycles. The molecule has 0 radical (unpaired) electrons. The number of nitrogens with zero attached hydrogens (tertiary/aromatic N) is 2. The highest BCUT2D eigenvalue weighted by molar-refractivity contribution is 5.91. The molecule has 1 aliphatic carbocycles. The fourth-order valence-corrected chi connectivity index (χ4v) is 2.11. The maximum atomic E-state index is 10.7. The second-order valence-electron chi connectivity index (χ2n) is 4.26. The molecule has 17 heavy (non-hydrogen) atoms. The number of nitro groups is 1. The molecule has 0 saturated heterocycles. The van der Waals surface area contributed by atoms with Crippen LogP contribution in [0, 0.1) is 10.1 Å². The Morgan fingerprint density at radius 2 is 2.12 bits per heavy atom. The third kappa shape index (κ3) is 1.51. The van der Waals surface area contributed by atoms with Crippen molar-refractivity contribution < 1.29 is 10.0 Å². The Bertz CT molecular complexity index is 620. The highest BCUT2D eigenvalue weighted by atomic mass is 16.6. The van der Waals surface area contributed by atoms with Gasteiger partial charge in [0, 0.05) is 17.6 Å². The second-order valence-corrected chi connectivity index (χ2v) is 4.26. The number of phenolic OH excluding ortho intramolecular Hbond substituents is 1. The Balaban J connectivity index is 2.30. The number of nitro benzene ring substituents is 1. The first-order valence-electron chi connectivity index (χ1n) is 5.43. The van der Waals surface area contributed by atoms with Crippen LogP contribution < -0.4 is 0 Å². The van der Waals surface area contributed by atoms with Gasteiger partial charge in [0.2, 0.25) is 5.75 Å². The van der Waals surface area contributed by atoms with Crippen LogP contribution >= 0.6 is 0 Å². The molecular weight excluding hydrogens is 220 g/mol. The second kappa shape index (κ2) is 3.41. The van der Waals surface area contributed by atoms with E-state index >= 15 is 0 Å². The van der Waals surface area contributed by atoms with Crippen molar-refractivity contribution in [3.8, 4) is 5.75 Å². The van der Waals surface area contributed by atoms with Crippen molar-refractivity contribution >= 4 is 16.6 Å². The average Bonchev–Trinajstić information content (AvgIpc) is 3.12. The number of fused-ring (bicyclic) bond motifs is 1. The summed E-state index contributed by atoms with van der Waals surface area (Å²) < 4.78 is 0. The molecule has 0 unspecified atom stereocenters. The van der Waals surface area contributed by atoms with E-state index < -0.39 is 4.92 Å². The lowest BCUT2D eigenvalue weighted by Gasteiger charge is -2.05. The van der Waals surface area contributed by atoms with E-state index in [1.165, 1.54) is 6.07 Å². The van der Waals surface area contributed by atoms with Crippen LogP contribution in [-0.2, 0) is 0 Å². The van der Waals surface area contributed by atoms with Crippen LogP contribution in [0.25, 0.3) is 10.9 Å². The van der Waals surface area contributed by atoms with Gasteiger partial charge < -0.3 is 5.11 Å². The van der Waals surface area contributed by atoms with Gasteiger partial charge >= 0.3 is 5.69 Å². The van der Waals surface area contributed by atoms with E-state index in [0.29, 0.717) is 11.4 Å². The van der Waals surface area contributed by atoms with Crippen molar-refractivity contribution in [3.05, 3.63) is 40.1 Å². The number of benzene rings is 1. The van der Waals surface area contributed by atoms with E-state index in [-0.39, 0.29) is 11.4 Å². The average molecular weight is 230 g/mol. The summed E-state index contributed by atoms with van der Waals surface area (Å²) in [5.74, 6) is 0.177. The number of rotatable bonds is 2. The Morgan fingerprint density at radius 3 is 2.76 bits per heavy atom. The molecule has 0 atom stereocenters. The van der Waals surface area contributed by atoms with Gasteiger partial charge in [0.05, 0.1) is 4.92 Å². The Kier molecular flexibility index (Phi) is 2.01. The summed E-state index contributed by atoms with van der Waals surface area (Å²) in [4.78, 5) is 14.2. The molecule has 1 saturated carbocycles. The minimum Gasteiger partial charge on any atom is -0.501 e. The monoisotopic (exact) mass is 230 g/mol. The normalized spacial score (nSPS) is 15.1. The van der Waals surface area contributed by atoms with Gasteiger partial charge in [-0.2, -0.15) is 0 Å². The summed E-state index contributed by atoms with van der Waals surface area (Å²) in [5.41, 5.74) is 1.15. The Morgan fingerprint density at radius 1 is 1.35 bits per heavy atom. The summed E-state index contributed by atoms with van der Waals surface area (Å²) in [7, 11) is 0. The van der Waals surface area contributed by atoms with Crippen LogP contribution in [-0.4, -0.2) is 15.0 Å².